The Morgan fingerprint density at radius 1 is 0.750 bits per heavy atom. The second-order valence-corrected chi connectivity index (χ2v) is 9.32. The molecular formula is C33H36N2O. The SMILES string of the molecule is C=CCCN1/C(=C/C=C/C(=O)/C=C/C=C2\C(C)c3ccccc3N2CCC=C)C(C)c2ccccc21. The van der Waals surface area contributed by atoms with Gasteiger partial charge >= 0.3 is 0 Å². The summed E-state index contributed by atoms with van der Waals surface area (Å²) in [6, 6.07) is 17.0. The monoisotopic (exact) mass is 476 g/mol. The summed E-state index contributed by atoms with van der Waals surface area (Å²) >= 11 is 0. The molecular weight excluding hydrogens is 440 g/mol. The number of carbonyl (C=O) groups excluding carboxylic acids is 1. The van der Waals surface area contributed by atoms with E-state index in [0.717, 1.165) is 25.9 Å². The third-order valence-electron chi connectivity index (χ3n) is 7.07. The van der Waals surface area contributed by atoms with Gasteiger partial charge in [-0.15, -0.1) is 13.2 Å². The molecule has 0 saturated heterocycles. The molecule has 4 rings (SSSR count). The summed E-state index contributed by atoms with van der Waals surface area (Å²) in [7, 11) is 0. The van der Waals surface area contributed by atoms with Crippen molar-refractivity contribution in [3.63, 3.8) is 0 Å². The van der Waals surface area contributed by atoms with Crippen LogP contribution >= 0.6 is 0 Å². The first-order valence-corrected chi connectivity index (χ1v) is 12.8. The summed E-state index contributed by atoms with van der Waals surface area (Å²) in [5, 5.41) is 0. The Kier molecular flexibility index (Phi) is 8.22. The number of hydrogen-bond donors (Lipinski definition) is 0. The number of anilines is 2. The normalized spacial score (nSPS) is 21.1. The molecule has 2 aromatic rings. The number of allylic oxidation sites excluding steroid dienone is 8. The molecule has 2 heterocycles. The molecule has 0 aromatic heterocycles. The molecule has 0 fully saturated rings. The Bertz CT molecular complexity index is 1150. The van der Waals surface area contributed by atoms with Crippen molar-refractivity contribution in [2.45, 2.75) is 38.5 Å². The third-order valence-corrected chi connectivity index (χ3v) is 7.07. The molecule has 2 aliphatic rings. The van der Waals surface area contributed by atoms with Crippen molar-refractivity contribution in [1.29, 1.82) is 0 Å². The van der Waals surface area contributed by atoms with Crippen LogP contribution in [-0.4, -0.2) is 18.9 Å². The smallest absolute Gasteiger partial charge is 0.178 e. The van der Waals surface area contributed by atoms with Crippen molar-refractivity contribution in [1.82, 2.24) is 0 Å². The van der Waals surface area contributed by atoms with Crippen LogP contribution in [0.3, 0.4) is 0 Å². The second-order valence-electron chi connectivity index (χ2n) is 9.32. The largest absolute Gasteiger partial charge is 0.344 e. The number of nitrogens with zero attached hydrogens (tertiary/aromatic N) is 2. The Labute approximate surface area is 216 Å². The first-order chi connectivity index (χ1) is 17.6. The fraction of sp³-hybridized carbons (Fsp3) is 0.242. The molecule has 2 atom stereocenters. The summed E-state index contributed by atoms with van der Waals surface area (Å²) in [5.41, 5.74) is 7.57. The summed E-state index contributed by atoms with van der Waals surface area (Å²) in [4.78, 5) is 17.3. The molecule has 2 aromatic carbocycles. The first-order valence-electron chi connectivity index (χ1n) is 12.8. The highest BCUT2D eigenvalue weighted by molar-refractivity contribution is 5.99. The Morgan fingerprint density at radius 3 is 1.58 bits per heavy atom. The zero-order valence-corrected chi connectivity index (χ0v) is 21.4. The zero-order valence-electron chi connectivity index (χ0n) is 21.4. The van der Waals surface area contributed by atoms with Gasteiger partial charge in [0, 0.05) is 47.7 Å². The summed E-state index contributed by atoms with van der Waals surface area (Å²) in [6.45, 7) is 14.0. The minimum atomic E-state index is -0.0229. The van der Waals surface area contributed by atoms with Crippen LogP contribution in [0.1, 0.15) is 49.7 Å². The van der Waals surface area contributed by atoms with E-state index in [1.807, 2.05) is 24.3 Å². The van der Waals surface area contributed by atoms with Crippen molar-refractivity contribution in [3.8, 4) is 0 Å². The maximum atomic E-state index is 12.6. The highest BCUT2D eigenvalue weighted by atomic mass is 16.1. The Balaban J connectivity index is 1.47. The number of para-hydroxylation sites is 2. The maximum absolute atomic E-state index is 12.6. The van der Waals surface area contributed by atoms with Crippen LogP contribution < -0.4 is 9.80 Å². The van der Waals surface area contributed by atoms with E-state index in [-0.39, 0.29) is 17.6 Å². The van der Waals surface area contributed by atoms with Gasteiger partial charge in [-0.3, -0.25) is 4.79 Å². The van der Waals surface area contributed by atoms with E-state index < -0.39 is 0 Å². The molecule has 0 radical (unpaired) electrons. The first kappa shape index (κ1) is 25.2. The predicted molar refractivity (Wildman–Crippen MR) is 153 cm³/mol. The number of ketones is 1. The minimum Gasteiger partial charge on any atom is -0.344 e. The molecule has 3 nitrogen and oxygen atoms in total. The fourth-order valence-electron chi connectivity index (χ4n) is 5.21. The molecule has 0 amide bonds. The van der Waals surface area contributed by atoms with E-state index >= 15 is 0 Å². The Morgan fingerprint density at radius 2 is 1.17 bits per heavy atom. The van der Waals surface area contributed by atoms with E-state index in [1.54, 1.807) is 12.2 Å². The Hall–Kier alpha value is -3.85. The number of benzene rings is 2. The van der Waals surface area contributed by atoms with Crippen molar-refractivity contribution in [2.75, 3.05) is 22.9 Å². The summed E-state index contributed by atoms with van der Waals surface area (Å²) in [5.74, 6) is 0.557. The van der Waals surface area contributed by atoms with Crippen LogP contribution in [0, 0.1) is 0 Å². The third kappa shape index (κ3) is 5.21. The summed E-state index contributed by atoms with van der Waals surface area (Å²) < 4.78 is 0. The van der Waals surface area contributed by atoms with Gasteiger partial charge in [-0.1, -0.05) is 74.5 Å². The van der Waals surface area contributed by atoms with Gasteiger partial charge < -0.3 is 9.80 Å². The lowest BCUT2D eigenvalue weighted by atomic mass is 10.0. The van der Waals surface area contributed by atoms with Crippen molar-refractivity contribution >= 4 is 17.2 Å². The van der Waals surface area contributed by atoms with Gasteiger partial charge in [0.05, 0.1) is 0 Å². The highest BCUT2D eigenvalue weighted by Crippen LogP contribution is 2.44. The maximum Gasteiger partial charge on any atom is 0.178 e. The average molecular weight is 477 g/mol. The van der Waals surface area contributed by atoms with E-state index in [0.29, 0.717) is 0 Å². The van der Waals surface area contributed by atoms with Crippen LogP contribution in [-0.2, 0) is 4.79 Å². The molecule has 0 N–H and O–H groups in total. The van der Waals surface area contributed by atoms with Crippen LogP contribution in [0.4, 0.5) is 11.4 Å². The molecule has 36 heavy (non-hydrogen) atoms. The van der Waals surface area contributed by atoms with E-state index in [4.69, 9.17) is 0 Å². The van der Waals surface area contributed by atoms with Gasteiger partial charge in [-0.05, 0) is 60.4 Å². The van der Waals surface area contributed by atoms with Crippen LogP contribution in [0.2, 0.25) is 0 Å². The second kappa shape index (κ2) is 11.7. The van der Waals surface area contributed by atoms with Crippen LogP contribution in [0.25, 0.3) is 0 Å². The van der Waals surface area contributed by atoms with Gasteiger partial charge in [-0.2, -0.15) is 0 Å². The summed E-state index contributed by atoms with van der Waals surface area (Å²) in [6.07, 6.45) is 16.9. The topological polar surface area (TPSA) is 23.6 Å². The lowest BCUT2D eigenvalue weighted by molar-refractivity contribution is -0.110. The van der Waals surface area contributed by atoms with E-state index in [1.165, 1.54) is 33.9 Å². The fourth-order valence-corrected chi connectivity index (χ4v) is 5.21. The van der Waals surface area contributed by atoms with Crippen LogP contribution in [0.15, 0.2) is 122 Å². The molecule has 0 spiro atoms. The minimum absolute atomic E-state index is 0.0229. The van der Waals surface area contributed by atoms with E-state index in [2.05, 4.69) is 97.5 Å². The van der Waals surface area contributed by atoms with Crippen molar-refractivity contribution < 1.29 is 4.79 Å². The predicted octanol–water partition coefficient (Wildman–Crippen LogP) is 7.84. The highest BCUT2D eigenvalue weighted by Gasteiger charge is 2.30. The van der Waals surface area contributed by atoms with Gasteiger partial charge in [-0.25, -0.2) is 0 Å². The number of carbonyl (C=O) groups is 1. The zero-order chi connectivity index (χ0) is 25.5. The molecule has 0 aliphatic carbocycles. The van der Waals surface area contributed by atoms with Gasteiger partial charge in [0.25, 0.3) is 0 Å². The number of fused-ring (bicyclic) bond motifs is 2. The number of hydrogen-bond acceptors (Lipinski definition) is 3. The lowest BCUT2D eigenvalue weighted by Crippen LogP contribution is -2.20. The van der Waals surface area contributed by atoms with Gasteiger partial charge in [0.1, 0.15) is 0 Å². The molecule has 3 heteroatoms. The van der Waals surface area contributed by atoms with Gasteiger partial charge in [0.15, 0.2) is 5.78 Å². The van der Waals surface area contributed by atoms with Crippen molar-refractivity contribution in [2.24, 2.45) is 0 Å². The lowest BCUT2D eigenvalue weighted by Gasteiger charge is -2.21. The molecule has 0 saturated carbocycles. The average Bonchev–Trinajstić information content (AvgIpc) is 3.32. The van der Waals surface area contributed by atoms with Crippen LogP contribution in [0.5, 0.6) is 0 Å². The quantitative estimate of drug-likeness (QED) is 0.258. The molecule has 2 aliphatic heterocycles. The number of rotatable bonds is 10. The van der Waals surface area contributed by atoms with E-state index in [9.17, 15) is 4.79 Å². The molecule has 184 valence electrons. The molecule has 0 bridgehead atoms. The molecule has 2 unspecified atom stereocenters. The van der Waals surface area contributed by atoms with Gasteiger partial charge in [0.2, 0.25) is 0 Å². The standard InChI is InChI=1S/C33H36N2O/c1-5-7-23-34-30(25(3)28-17-9-11-19-32(28)34)21-13-15-27(36)16-14-22-31-26(4)29-18-10-12-20-33(29)35(31)24-8-6-2/h5-6,9-22,25-26H,1-2,7-8,23-24H2,3-4H3/b15-13+,16-14+,30-21+,31-22+. The van der Waals surface area contributed by atoms with Crippen molar-refractivity contribution in [3.05, 3.63) is 133 Å².